The van der Waals surface area contributed by atoms with E-state index < -0.39 is 0 Å². The summed E-state index contributed by atoms with van der Waals surface area (Å²) in [6, 6.07) is 13.8. The van der Waals surface area contributed by atoms with Crippen molar-refractivity contribution in [2.45, 2.75) is 25.8 Å². The molecule has 0 aliphatic carbocycles. The topological polar surface area (TPSA) is 87.5 Å². The van der Waals surface area contributed by atoms with Crippen LogP contribution < -0.4 is 16.4 Å². The first kappa shape index (κ1) is 17.9. The Kier molecular flexibility index (Phi) is 5.53. The zero-order valence-corrected chi connectivity index (χ0v) is 14.9. The van der Waals surface area contributed by atoms with Gasteiger partial charge in [-0.3, -0.25) is 14.5 Å². The summed E-state index contributed by atoms with van der Waals surface area (Å²) >= 11 is 0. The molecule has 1 saturated heterocycles. The van der Waals surface area contributed by atoms with Gasteiger partial charge in [-0.05, 0) is 69.3 Å². The highest BCUT2D eigenvalue weighted by Gasteiger charge is 2.23. The number of amides is 2. The summed E-state index contributed by atoms with van der Waals surface area (Å²) in [6.07, 6.45) is 2.29. The summed E-state index contributed by atoms with van der Waals surface area (Å²) in [6.45, 7) is 3.86. The van der Waals surface area contributed by atoms with Gasteiger partial charge in [0.25, 0.3) is 5.91 Å². The maximum Gasteiger partial charge on any atom is 0.255 e. The Labute approximate surface area is 153 Å². The fraction of sp³-hybridized carbons (Fsp3) is 0.300. The second-order valence-corrected chi connectivity index (χ2v) is 6.53. The molecular formula is C20H24N4O2. The van der Waals surface area contributed by atoms with Crippen LogP contribution in [-0.2, 0) is 4.79 Å². The Bertz CT molecular complexity index is 783. The van der Waals surface area contributed by atoms with Gasteiger partial charge >= 0.3 is 0 Å². The number of rotatable bonds is 5. The Morgan fingerprint density at radius 3 is 2.31 bits per heavy atom. The second kappa shape index (κ2) is 8.01. The quantitative estimate of drug-likeness (QED) is 0.722. The van der Waals surface area contributed by atoms with Gasteiger partial charge in [-0.25, -0.2) is 0 Å². The molecule has 2 aromatic carbocycles. The number of nitrogen functional groups attached to an aromatic ring is 1. The third-order valence-electron chi connectivity index (χ3n) is 4.69. The molecule has 4 N–H and O–H groups in total. The van der Waals surface area contributed by atoms with Crippen LogP contribution in [0.5, 0.6) is 0 Å². The molecule has 6 nitrogen and oxygen atoms in total. The van der Waals surface area contributed by atoms with Crippen LogP contribution in [0, 0.1) is 0 Å². The number of hydrogen-bond acceptors (Lipinski definition) is 4. The van der Waals surface area contributed by atoms with Gasteiger partial charge in [-0.15, -0.1) is 0 Å². The Hall–Kier alpha value is -2.86. The highest BCUT2D eigenvalue weighted by atomic mass is 16.2. The van der Waals surface area contributed by atoms with Gasteiger partial charge in [0.05, 0.1) is 17.4 Å². The third kappa shape index (κ3) is 4.21. The second-order valence-electron chi connectivity index (χ2n) is 6.53. The molecule has 2 aromatic rings. The molecule has 1 atom stereocenters. The Morgan fingerprint density at radius 1 is 1.00 bits per heavy atom. The lowest BCUT2D eigenvalue weighted by molar-refractivity contribution is -0.120. The predicted molar refractivity (Wildman–Crippen MR) is 104 cm³/mol. The molecule has 1 aliphatic heterocycles. The van der Waals surface area contributed by atoms with Gasteiger partial charge in [-0.1, -0.05) is 12.1 Å². The molecule has 1 fully saturated rings. The third-order valence-corrected chi connectivity index (χ3v) is 4.69. The Morgan fingerprint density at radius 2 is 1.65 bits per heavy atom. The minimum Gasteiger partial charge on any atom is -0.397 e. The zero-order chi connectivity index (χ0) is 18.5. The lowest BCUT2D eigenvalue weighted by Gasteiger charge is -2.22. The number of likely N-dealkylation sites (tertiary alicyclic amines) is 1. The summed E-state index contributed by atoms with van der Waals surface area (Å²) in [5.41, 5.74) is 8.11. The first-order chi connectivity index (χ1) is 12.5. The molecule has 6 heteroatoms. The number of anilines is 3. The monoisotopic (exact) mass is 352 g/mol. The number of carbonyl (C=O) groups excluding carboxylic acids is 2. The van der Waals surface area contributed by atoms with Gasteiger partial charge in [0.1, 0.15) is 0 Å². The van der Waals surface area contributed by atoms with Crippen LogP contribution in [0.1, 0.15) is 30.1 Å². The normalized spacial score (nSPS) is 15.4. The van der Waals surface area contributed by atoms with Crippen molar-refractivity contribution in [1.82, 2.24) is 4.90 Å². The van der Waals surface area contributed by atoms with Crippen molar-refractivity contribution < 1.29 is 9.59 Å². The molecule has 0 spiro atoms. The molecule has 1 unspecified atom stereocenters. The summed E-state index contributed by atoms with van der Waals surface area (Å²) in [7, 11) is 0. The lowest BCUT2D eigenvalue weighted by Crippen LogP contribution is -2.40. The van der Waals surface area contributed by atoms with Crippen molar-refractivity contribution in [3.8, 4) is 0 Å². The van der Waals surface area contributed by atoms with E-state index >= 15 is 0 Å². The number of nitrogens with two attached hydrogens (primary N) is 1. The van der Waals surface area contributed by atoms with Gasteiger partial charge in [0.15, 0.2) is 0 Å². The number of hydrogen-bond donors (Lipinski definition) is 3. The van der Waals surface area contributed by atoms with Gasteiger partial charge in [0.2, 0.25) is 5.91 Å². The zero-order valence-electron chi connectivity index (χ0n) is 14.9. The molecule has 136 valence electrons. The minimum atomic E-state index is -0.244. The standard InChI is InChI=1S/C20H24N4O2/c1-14(24-12-4-5-13-24)19(25)22-16-10-8-15(9-11-16)20(26)23-18-7-3-2-6-17(18)21/h2-3,6-11,14H,4-5,12-13,21H2,1H3,(H,22,25)(H,23,26). The molecule has 1 aliphatic rings. The summed E-state index contributed by atoms with van der Waals surface area (Å²) in [5, 5.41) is 5.70. The number of carbonyl (C=O) groups is 2. The Balaban J connectivity index is 1.60. The molecule has 0 aromatic heterocycles. The van der Waals surface area contributed by atoms with Crippen LogP contribution >= 0.6 is 0 Å². The average Bonchev–Trinajstić information content (AvgIpc) is 3.18. The van der Waals surface area contributed by atoms with E-state index in [-0.39, 0.29) is 17.9 Å². The molecule has 1 heterocycles. The van der Waals surface area contributed by atoms with Crippen LogP contribution in [0.15, 0.2) is 48.5 Å². The van der Waals surface area contributed by atoms with Crippen molar-refractivity contribution in [2.75, 3.05) is 29.5 Å². The first-order valence-electron chi connectivity index (χ1n) is 8.85. The minimum absolute atomic E-state index is 0.0267. The van der Waals surface area contributed by atoms with Crippen LogP contribution in [0.2, 0.25) is 0 Å². The number of para-hydroxylation sites is 2. The predicted octanol–water partition coefficient (Wildman–Crippen LogP) is 2.94. The highest BCUT2D eigenvalue weighted by molar-refractivity contribution is 6.06. The molecule has 3 rings (SSSR count). The lowest BCUT2D eigenvalue weighted by atomic mass is 10.1. The molecule has 0 radical (unpaired) electrons. The van der Waals surface area contributed by atoms with Gasteiger partial charge in [0, 0.05) is 11.3 Å². The SMILES string of the molecule is CC(C(=O)Nc1ccc(C(=O)Nc2ccccc2N)cc1)N1CCCC1. The molecule has 0 saturated carbocycles. The fourth-order valence-corrected chi connectivity index (χ4v) is 3.05. The smallest absolute Gasteiger partial charge is 0.255 e. The molecule has 0 bridgehead atoms. The maximum atomic E-state index is 12.4. The van der Waals surface area contributed by atoms with E-state index in [4.69, 9.17) is 5.73 Å². The number of nitrogens with zero attached hydrogens (tertiary/aromatic N) is 1. The fourth-order valence-electron chi connectivity index (χ4n) is 3.05. The van der Waals surface area contributed by atoms with E-state index in [9.17, 15) is 9.59 Å². The van der Waals surface area contributed by atoms with Crippen LogP contribution in [0.3, 0.4) is 0 Å². The van der Waals surface area contributed by atoms with E-state index in [1.54, 1.807) is 36.4 Å². The number of benzene rings is 2. The van der Waals surface area contributed by atoms with E-state index in [1.807, 2.05) is 19.1 Å². The van der Waals surface area contributed by atoms with E-state index in [0.717, 1.165) is 25.9 Å². The van der Waals surface area contributed by atoms with Crippen molar-refractivity contribution in [3.63, 3.8) is 0 Å². The van der Waals surface area contributed by atoms with Crippen molar-refractivity contribution in [1.29, 1.82) is 0 Å². The molecule has 2 amide bonds. The summed E-state index contributed by atoms with van der Waals surface area (Å²) < 4.78 is 0. The van der Waals surface area contributed by atoms with Crippen molar-refractivity contribution in [3.05, 3.63) is 54.1 Å². The highest BCUT2D eigenvalue weighted by Crippen LogP contribution is 2.19. The van der Waals surface area contributed by atoms with E-state index in [1.165, 1.54) is 0 Å². The maximum absolute atomic E-state index is 12.4. The largest absolute Gasteiger partial charge is 0.397 e. The van der Waals surface area contributed by atoms with Crippen LogP contribution in [0.4, 0.5) is 17.1 Å². The summed E-state index contributed by atoms with van der Waals surface area (Å²) in [4.78, 5) is 26.9. The molecule has 26 heavy (non-hydrogen) atoms. The first-order valence-corrected chi connectivity index (χ1v) is 8.85. The summed E-state index contributed by atoms with van der Waals surface area (Å²) in [5.74, 6) is -0.271. The molecular weight excluding hydrogens is 328 g/mol. The van der Waals surface area contributed by atoms with E-state index in [0.29, 0.717) is 22.6 Å². The van der Waals surface area contributed by atoms with Gasteiger partial charge < -0.3 is 16.4 Å². The van der Waals surface area contributed by atoms with Crippen LogP contribution in [0.25, 0.3) is 0 Å². The van der Waals surface area contributed by atoms with Gasteiger partial charge in [-0.2, -0.15) is 0 Å². The van der Waals surface area contributed by atoms with Crippen LogP contribution in [-0.4, -0.2) is 35.8 Å². The average molecular weight is 352 g/mol. The number of nitrogens with one attached hydrogen (secondary N) is 2. The van der Waals surface area contributed by atoms with E-state index in [2.05, 4.69) is 15.5 Å². The van der Waals surface area contributed by atoms with Crippen molar-refractivity contribution >= 4 is 28.9 Å². The van der Waals surface area contributed by atoms with Crippen molar-refractivity contribution in [2.24, 2.45) is 0 Å².